The van der Waals surface area contributed by atoms with Gasteiger partial charge in [0, 0.05) is 11.6 Å². The molecule has 0 unspecified atom stereocenters. The zero-order valence-corrected chi connectivity index (χ0v) is 13.9. The summed E-state index contributed by atoms with van der Waals surface area (Å²) >= 11 is 1.50. The first-order chi connectivity index (χ1) is 12.1. The molecular formula is C16H13N3O5S. The van der Waals surface area contributed by atoms with Crippen LogP contribution < -0.4 is 10.1 Å². The number of hydrogen-bond acceptors (Lipinski definition) is 7. The Bertz CT molecular complexity index is 904. The third kappa shape index (κ3) is 3.66. The van der Waals surface area contributed by atoms with Crippen LogP contribution in [0.4, 0.5) is 5.69 Å². The van der Waals surface area contributed by atoms with E-state index in [1.54, 1.807) is 0 Å². The SMILES string of the molecule is COc1ccc(C(=O)NCc2coc(-c3cccs3)n2)cc1[N+](=O)[O-]. The number of nitro benzene ring substituents is 1. The summed E-state index contributed by atoms with van der Waals surface area (Å²) < 4.78 is 10.3. The lowest BCUT2D eigenvalue weighted by atomic mass is 10.1. The van der Waals surface area contributed by atoms with E-state index in [0.717, 1.165) is 4.88 Å². The second kappa shape index (κ2) is 7.14. The second-order valence-electron chi connectivity index (χ2n) is 4.95. The number of benzene rings is 1. The van der Waals surface area contributed by atoms with E-state index in [0.29, 0.717) is 11.6 Å². The van der Waals surface area contributed by atoms with Gasteiger partial charge in [-0.15, -0.1) is 11.3 Å². The number of nitrogens with zero attached hydrogens (tertiary/aromatic N) is 2. The molecule has 0 bridgehead atoms. The molecule has 0 atom stereocenters. The molecule has 0 radical (unpaired) electrons. The Kier molecular flexibility index (Phi) is 4.75. The summed E-state index contributed by atoms with van der Waals surface area (Å²) in [5.41, 5.74) is 0.450. The van der Waals surface area contributed by atoms with Gasteiger partial charge in [0.05, 0.1) is 29.1 Å². The minimum absolute atomic E-state index is 0.0960. The number of nitrogens with one attached hydrogen (secondary N) is 1. The standard InChI is InChI=1S/C16H13N3O5S/c1-23-13-5-4-10(7-12(13)19(21)22)15(20)17-8-11-9-24-16(18-11)14-3-2-6-25-14/h2-7,9H,8H2,1H3,(H,17,20). The van der Waals surface area contributed by atoms with Crippen LogP contribution in [0.15, 0.2) is 46.4 Å². The fourth-order valence-electron chi connectivity index (χ4n) is 2.15. The quantitative estimate of drug-likeness (QED) is 0.535. The first kappa shape index (κ1) is 16.7. The van der Waals surface area contributed by atoms with Gasteiger partial charge in [-0.25, -0.2) is 4.98 Å². The zero-order chi connectivity index (χ0) is 17.8. The number of ether oxygens (including phenoxy) is 1. The van der Waals surface area contributed by atoms with E-state index in [1.165, 1.54) is 42.9 Å². The van der Waals surface area contributed by atoms with Gasteiger partial charge in [-0.3, -0.25) is 14.9 Å². The Morgan fingerprint density at radius 3 is 2.96 bits per heavy atom. The molecule has 0 saturated heterocycles. The van der Waals surface area contributed by atoms with Crippen LogP contribution in [-0.2, 0) is 6.54 Å². The molecule has 128 valence electrons. The van der Waals surface area contributed by atoms with Crippen molar-refractivity contribution >= 4 is 22.9 Å². The molecule has 9 heteroatoms. The Morgan fingerprint density at radius 1 is 1.44 bits per heavy atom. The molecule has 0 aliphatic carbocycles. The predicted molar refractivity (Wildman–Crippen MR) is 90.6 cm³/mol. The fraction of sp³-hybridized carbons (Fsp3) is 0.125. The average Bonchev–Trinajstić information content (AvgIpc) is 3.30. The molecule has 0 aliphatic rings. The van der Waals surface area contributed by atoms with Gasteiger partial charge in [-0.1, -0.05) is 6.07 Å². The van der Waals surface area contributed by atoms with E-state index in [2.05, 4.69) is 10.3 Å². The number of thiophene rings is 1. The Hall–Kier alpha value is -3.20. The van der Waals surface area contributed by atoms with Crippen LogP contribution in [0.2, 0.25) is 0 Å². The number of nitro groups is 1. The first-order valence-electron chi connectivity index (χ1n) is 7.17. The zero-order valence-electron chi connectivity index (χ0n) is 13.1. The van der Waals surface area contributed by atoms with Crippen LogP contribution in [0.1, 0.15) is 16.1 Å². The van der Waals surface area contributed by atoms with Crippen LogP contribution in [0.25, 0.3) is 10.8 Å². The Morgan fingerprint density at radius 2 is 2.28 bits per heavy atom. The van der Waals surface area contributed by atoms with Crippen molar-refractivity contribution in [2.45, 2.75) is 6.54 Å². The van der Waals surface area contributed by atoms with E-state index in [4.69, 9.17) is 9.15 Å². The summed E-state index contributed by atoms with van der Waals surface area (Å²) in [6.45, 7) is 0.146. The summed E-state index contributed by atoms with van der Waals surface area (Å²) in [6, 6.07) is 7.80. The van der Waals surface area contributed by atoms with Gasteiger partial charge in [0.2, 0.25) is 5.89 Å². The van der Waals surface area contributed by atoms with Gasteiger partial charge >= 0.3 is 5.69 Å². The monoisotopic (exact) mass is 359 g/mol. The van der Waals surface area contributed by atoms with Crippen molar-refractivity contribution in [1.29, 1.82) is 0 Å². The molecule has 3 rings (SSSR count). The number of amides is 1. The van der Waals surface area contributed by atoms with Crippen LogP contribution in [0.5, 0.6) is 5.75 Å². The largest absolute Gasteiger partial charge is 0.490 e. The van der Waals surface area contributed by atoms with Crippen molar-refractivity contribution in [2.24, 2.45) is 0 Å². The average molecular weight is 359 g/mol. The smallest absolute Gasteiger partial charge is 0.311 e. The number of carbonyl (C=O) groups excluding carboxylic acids is 1. The maximum absolute atomic E-state index is 12.2. The molecule has 0 fully saturated rings. The molecule has 2 heterocycles. The predicted octanol–water partition coefficient (Wildman–Crippen LogP) is 3.25. The molecule has 8 nitrogen and oxygen atoms in total. The summed E-state index contributed by atoms with van der Waals surface area (Å²) in [4.78, 5) is 27.8. The minimum atomic E-state index is -0.597. The summed E-state index contributed by atoms with van der Waals surface area (Å²) in [5.74, 6) is 0.129. The van der Waals surface area contributed by atoms with Crippen molar-refractivity contribution in [3.05, 3.63) is 63.3 Å². The lowest BCUT2D eigenvalue weighted by Gasteiger charge is -2.05. The van der Waals surface area contributed by atoms with Crippen molar-refractivity contribution < 1.29 is 18.9 Å². The Labute approximate surface area is 146 Å². The molecule has 2 aromatic heterocycles. The summed E-state index contributed by atoms with van der Waals surface area (Å²) in [7, 11) is 1.33. The molecule has 25 heavy (non-hydrogen) atoms. The van der Waals surface area contributed by atoms with E-state index in [9.17, 15) is 14.9 Å². The second-order valence-corrected chi connectivity index (χ2v) is 5.90. The van der Waals surface area contributed by atoms with Gasteiger partial charge in [-0.05, 0) is 23.6 Å². The lowest BCUT2D eigenvalue weighted by Crippen LogP contribution is -2.23. The highest BCUT2D eigenvalue weighted by Gasteiger charge is 2.18. The molecule has 0 aliphatic heterocycles. The highest BCUT2D eigenvalue weighted by atomic mass is 32.1. The third-order valence-corrected chi connectivity index (χ3v) is 4.21. The number of oxazole rings is 1. The minimum Gasteiger partial charge on any atom is -0.490 e. The Balaban J connectivity index is 1.69. The number of aromatic nitrogens is 1. The van der Waals surface area contributed by atoms with Crippen molar-refractivity contribution in [3.8, 4) is 16.5 Å². The van der Waals surface area contributed by atoms with E-state index >= 15 is 0 Å². The van der Waals surface area contributed by atoms with E-state index in [1.807, 2.05) is 17.5 Å². The van der Waals surface area contributed by atoms with E-state index in [-0.39, 0.29) is 23.5 Å². The van der Waals surface area contributed by atoms with Crippen molar-refractivity contribution in [2.75, 3.05) is 7.11 Å². The number of rotatable bonds is 6. The molecule has 0 spiro atoms. The number of hydrogen-bond donors (Lipinski definition) is 1. The van der Waals surface area contributed by atoms with Crippen LogP contribution in [-0.4, -0.2) is 22.9 Å². The third-order valence-electron chi connectivity index (χ3n) is 3.35. The van der Waals surface area contributed by atoms with Gasteiger partial charge < -0.3 is 14.5 Å². The van der Waals surface area contributed by atoms with E-state index < -0.39 is 10.8 Å². The van der Waals surface area contributed by atoms with Crippen LogP contribution in [0.3, 0.4) is 0 Å². The van der Waals surface area contributed by atoms with Gasteiger partial charge in [0.15, 0.2) is 5.75 Å². The van der Waals surface area contributed by atoms with Crippen LogP contribution in [0, 0.1) is 10.1 Å². The molecule has 1 amide bonds. The van der Waals surface area contributed by atoms with Gasteiger partial charge in [-0.2, -0.15) is 0 Å². The normalized spacial score (nSPS) is 10.4. The maximum Gasteiger partial charge on any atom is 0.311 e. The number of carbonyl (C=O) groups is 1. The number of methoxy groups -OCH3 is 1. The van der Waals surface area contributed by atoms with Crippen LogP contribution >= 0.6 is 11.3 Å². The summed E-state index contributed by atoms with van der Waals surface area (Å²) in [6.07, 6.45) is 1.46. The summed E-state index contributed by atoms with van der Waals surface area (Å²) in [5, 5.41) is 15.6. The topological polar surface area (TPSA) is 108 Å². The highest BCUT2D eigenvalue weighted by molar-refractivity contribution is 7.13. The molecule has 3 aromatic rings. The molecule has 1 N–H and O–H groups in total. The highest BCUT2D eigenvalue weighted by Crippen LogP contribution is 2.27. The van der Waals surface area contributed by atoms with Gasteiger partial charge in [0.1, 0.15) is 6.26 Å². The fourth-order valence-corrected chi connectivity index (χ4v) is 2.80. The van der Waals surface area contributed by atoms with Crippen molar-refractivity contribution in [3.63, 3.8) is 0 Å². The van der Waals surface area contributed by atoms with Gasteiger partial charge in [0.25, 0.3) is 5.91 Å². The lowest BCUT2D eigenvalue weighted by molar-refractivity contribution is -0.385. The van der Waals surface area contributed by atoms with Crippen molar-refractivity contribution in [1.82, 2.24) is 10.3 Å². The molecule has 1 aromatic carbocycles. The maximum atomic E-state index is 12.2. The molecule has 0 saturated carbocycles. The molecular weight excluding hydrogens is 346 g/mol. The first-order valence-corrected chi connectivity index (χ1v) is 8.05.